The van der Waals surface area contributed by atoms with E-state index in [-0.39, 0.29) is 0 Å². The van der Waals surface area contributed by atoms with Gasteiger partial charge in [-0.15, -0.1) is 0 Å². The van der Waals surface area contributed by atoms with Crippen molar-refractivity contribution in [3.63, 3.8) is 0 Å². The van der Waals surface area contributed by atoms with Gasteiger partial charge < -0.3 is 4.90 Å². The molecule has 0 saturated heterocycles. The zero-order valence-corrected chi connectivity index (χ0v) is 12.9. The summed E-state index contributed by atoms with van der Waals surface area (Å²) in [6.45, 7) is 9.53. The molecule has 2 rings (SSSR count). The third-order valence-corrected chi connectivity index (χ3v) is 6.08. The van der Waals surface area contributed by atoms with Crippen LogP contribution >= 0.6 is 0 Å². The SMILES string of the molecule is CCN(CC)C(C)C1CCC2(CCCCC2)CC1. The van der Waals surface area contributed by atoms with Crippen LogP contribution in [0.3, 0.4) is 0 Å². The quantitative estimate of drug-likeness (QED) is 0.690. The second-order valence-electron chi connectivity index (χ2n) is 6.86. The van der Waals surface area contributed by atoms with Crippen molar-refractivity contribution < 1.29 is 0 Å². The van der Waals surface area contributed by atoms with E-state index in [1.54, 1.807) is 12.8 Å². The van der Waals surface area contributed by atoms with Crippen LogP contribution in [0.4, 0.5) is 0 Å². The van der Waals surface area contributed by atoms with E-state index >= 15 is 0 Å². The van der Waals surface area contributed by atoms with Gasteiger partial charge >= 0.3 is 0 Å². The molecule has 1 nitrogen and oxygen atoms in total. The van der Waals surface area contributed by atoms with Crippen LogP contribution < -0.4 is 0 Å². The molecule has 1 heteroatoms. The molecule has 0 amide bonds. The number of hydrogen-bond donors (Lipinski definition) is 0. The van der Waals surface area contributed by atoms with E-state index in [4.69, 9.17) is 0 Å². The van der Waals surface area contributed by atoms with Gasteiger partial charge in [0.1, 0.15) is 0 Å². The fourth-order valence-electron chi connectivity index (χ4n) is 4.63. The smallest absolute Gasteiger partial charge is 0.00949 e. The standard InChI is InChI=1S/C17H33N/c1-4-18(5-2)15(3)16-9-13-17(14-10-16)11-7-6-8-12-17/h15-16H,4-14H2,1-3H3. The van der Waals surface area contributed by atoms with Crippen molar-refractivity contribution in [1.82, 2.24) is 4.90 Å². The summed E-state index contributed by atoms with van der Waals surface area (Å²) in [7, 11) is 0. The van der Waals surface area contributed by atoms with Crippen LogP contribution in [-0.2, 0) is 0 Å². The molecule has 18 heavy (non-hydrogen) atoms. The number of rotatable bonds is 4. The molecule has 0 aliphatic heterocycles. The maximum absolute atomic E-state index is 2.66. The van der Waals surface area contributed by atoms with Crippen LogP contribution in [-0.4, -0.2) is 24.0 Å². The molecule has 2 aliphatic rings. The van der Waals surface area contributed by atoms with Crippen LogP contribution in [0, 0.1) is 11.3 Å². The van der Waals surface area contributed by atoms with Crippen molar-refractivity contribution in [2.45, 2.75) is 84.6 Å². The zero-order valence-electron chi connectivity index (χ0n) is 12.9. The summed E-state index contributed by atoms with van der Waals surface area (Å²) in [5.41, 5.74) is 0.789. The molecule has 1 atom stereocenters. The van der Waals surface area contributed by atoms with E-state index in [1.807, 2.05) is 0 Å². The number of hydrogen-bond acceptors (Lipinski definition) is 1. The molecule has 0 N–H and O–H groups in total. The van der Waals surface area contributed by atoms with Gasteiger partial charge in [-0.05, 0) is 69.9 Å². The molecule has 0 aromatic heterocycles. The Bertz CT molecular complexity index is 228. The van der Waals surface area contributed by atoms with Crippen LogP contribution in [0.2, 0.25) is 0 Å². The highest BCUT2D eigenvalue weighted by Gasteiger charge is 2.37. The molecular formula is C17H33N. The molecule has 0 aromatic carbocycles. The zero-order chi connectivity index (χ0) is 13.0. The minimum absolute atomic E-state index is 0.789. The second-order valence-corrected chi connectivity index (χ2v) is 6.86. The topological polar surface area (TPSA) is 3.24 Å². The van der Waals surface area contributed by atoms with Crippen LogP contribution in [0.15, 0.2) is 0 Å². The lowest BCUT2D eigenvalue weighted by Gasteiger charge is -2.45. The monoisotopic (exact) mass is 251 g/mol. The Morgan fingerprint density at radius 2 is 1.50 bits per heavy atom. The van der Waals surface area contributed by atoms with Crippen molar-refractivity contribution in [2.75, 3.05) is 13.1 Å². The highest BCUT2D eigenvalue weighted by Crippen LogP contribution is 2.49. The summed E-state index contributed by atoms with van der Waals surface area (Å²) in [5.74, 6) is 0.970. The van der Waals surface area contributed by atoms with Gasteiger partial charge in [0.25, 0.3) is 0 Å². The van der Waals surface area contributed by atoms with E-state index in [9.17, 15) is 0 Å². The molecule has 2 saturated carbocycles. The Labute approximate surface area is 114 Å². The first-order valence-electron chi connectivity index (χ1n) is 8.45. The maximum atomic E-state index is 2.66. The van der Waals surface area contributed by atoms with Crippen molar-refractivity contribution in [2.24, 2.45) is 11.3 Å². The van der Waals surface area contributed by atoms with Gasteiger partial charge in [0.05, 0.1) is 0 Å². The summed E-state index contributed by atoms with van der Waals surface area (Å²) < 4.78 is 0. The van der Waals surface area contributed by atoms with Gasteiger partial charge in [0, 0.05) is 6.04 Å². The molecule has 0 bridgehead atoms. The van der Waals surface area contributed by atoms with E-state index in [2.05, 4.69) is 25.7 Å². The highest BCUT2D eigenvalue weighted by molar-refractivity contribution is 4.90. The fraction of sp³-hybridized carbons (Fsp3) is 1.00. The molecule has 0 radical (unpaired) electrons. The van der Waals surface area contributed by atoms with E-state index in [1.165, 1.54) is 58.0 Å². The summed E-state index contributed by atoms with van der Waals surface area (Å²) in [5, 5.41) is 0. The predicted molar refractivity (Wildman–Crippen MR) is 79.9 cm³/mol. The third-order valence-electron chi connectivity index (χ3n) is 6.08. The van der Waals surface area contributed by atoms with Crippen molar-refractivity contribution >= 4 is 0 Å². The Morgan fingerprint density at radius 3 is 2.00 bits per heavy atom. The molecule has 1 unspecified atom stereocenters. The Kier molecular flexibility index (Phi) is 5.12. The maximum Gasteiger partial charge on any atom is 0.00949 e. The highest BCUT2D eigenvalue weighted by atomic mass is 15.1. The van der Waals surface area contributed by atoms with Gasteiger partial charge in [0.15, 0.2) is 0 Å². The number of nitrogens with zero attached hydrogens (tertiary/aromatic N) is 1. The van der Waals surface area contributed by atoms with Gasteiger partial charge in [-0.25, -0.2) is 0 Å². The first-order chi connectivity index (χ1) is 8.71. The summed E-state index contributed by atoms with van der Waals surface area (Å²) >= 11 is 0. The van der Waals surface area contributed by atoms with Crippen molar-refractivity contribution in [3.05, 3.63) is 0 Å². The molecule has 2 aliphatic carbocycles. The fourth-order valence-corrected chi connectivity index (χ4v) is 4.63. The molecule has 2 fully saturated rings. The van der Waals surface area contributed by atoms with Crippen LogP contribution in [0.1, 0.15) is 78.6 Å². The molecule has 0 aromatic rings. The van der Waals surface area contributed by atoms with Crippen molar-refractivity contribution in [3.8, 4) is 0 Å². The van der Waals surface area contributed by atoms with Crippen LogP contribution in [0.25, 0.3) is 0 Å². The Balaban J connectivity index is 1.85. The van der Waals surface area contributed by atoms with Gasteiger partial charge in [0.2, 0.25) is 0 Å². The predicted octanol–water partition coefficient (Wildman–Crippen LogP) is 4.86. The normalized spacial score (nSPS) is 26.7. The molecule has 106 valence electrons. The lowest BCUT2D eigenvalue weighted by molar-refractivity contribution is 0.0587. The largest absolute Gasteiger partial charge is 0.301 e. The van der Waals surface area contributed by atoms with Gasteiger partial charge in [-0.1, -0.05) is 33.1 Å². The van der Waals surface area contributed by atoms with E-state index in [0.29, 0.717) is 0 Å². The first-order valence-corrected chi connectivity index (χ1v) is 8.45. The van der Waals surface area contributed by atoms with Crippen LogP contribution in [0.5, 0.6) is 0 Å². The molecule has 1 spiro atoms. The summed E-state index contributed by atoms with van der Waals surface area (Å²) in [6, 6.07) is 0.806. The minimum atomic E-state index is 0.789. The Hall–Kier alpha value is -0.0400. The van der Waals surface area contributed by atoms with Crippen molar-refractivity contribution in [1.29, 1.82) is 0 Å². The molecule has 0 heterocycles. The second kappa shape index (κ2) is 6.41. The summed E-state index contributed by atoms with van der Waals surface area (Å²) in [6.07, 6.45) is 13.7. The van der Waals surface area contributed by atoms with Gasteiger partial charge in [-0.3, -0.25) is 0 Å². The lowest BCUT2D eigenvalue weighted by Crippen LogP contribution is -2.41. The molecular weight excluding hydrogens is 218 g/mol. The average molecular weight is 251 g/mol. The third kappa shape index (κ3) is 3.10. The average Bonchev–Trinajstić information content (AvgIpc) is 2.42. The van der Waals surface area contributed by atoms with E-state index in [0.717, 1.165) is 17.4 Å². The van der Waals surface area contributed by atoms with E-state index < -0.39 is 0 Å². The first kappa shape index (κ1) is 14.4. The summed E-state index contributed by atoms with van der Waals surface area (Å²) in [4.78, 5) is 2.66. The minimum Gasteiger partial charge on any atom is -0.301 e. The lowest BCUT2D eigenvalue weighted by atomic mass is 9.62. The Morgan fingerprint density at radius 1 is 0.944 bits per heavy atom. The van der Waals surface area contributed by atoms with Gasteiger partial charge in [-0.2, -0.15) is 0 Å².